The maximum absolute atomic E-state index is 12.8. The van der Waals surface area contributed by atoms with Crippen molar-refractivity contribution in [2.75, 3.05) is 6.54 Å². The lowest BCUT2D eigenvalue weighted by molar-refractivity contribution is -0.150. The van der Waals surface area contributed by atoms with Crippen LogP contribution in [0.25, 0.3) is 11.0 Å². The molecule has 3 heterocycles. The van der Waals surface area contributed by atoms with E-state index in [1.807, 2.05) is 13.0 Å². The third kappa shape index (κ3) is 2.11. The molecule has 1 saturated heterocycles. The fraction of sp³-hybridized carbons (Fsp3) is 0.529. The summed E-state index contributed by atoms with van der Waals surface area (Å²) in [4.78, 5) is 30.6. The number of likely N-dealkylation sites (tertiary alicyclic amines) is 1. The van der Waals surface area contributed by atoms with Gasteiger partial charge in [-0.05, 0) is 37.8 Å². The van der Waals surface area contributed by atoms with Gasteiger partial charge in [-0.1, -0.05) is 6.42 Å². The number of pyridine rings is 1. The van der Waals surface area contributed by atoms with Gasteiger partial charge in [-0.2, -0.15) is 5.10 Å². The van der Waals surface area contributed by atoms with Gasteiger partial charge in [0.25, 0.3) is 0 Å². The van der Waals surface area contributed by atoms with Crippen LogP contribution in [0.5, 0.6) is 0 Å². The number of amides is 1. The minimum absolute atomic E-state index is 0.0719. The van der Waals surface area contributed by atoms with Crippen LogP contribution in [0.1, 0.15) is 31.2 Å². The van der Waals surface area contributed by atoms with Gasteiger partial charge in [-0.15, -0.1) is 0 Å². The van der Waals surface area contributed by atoms with E-state index in [0.29, 0.717) is 25.0 Å². The average molecular weight is 328 g/mol. The predicted octanol–water partition coefficient (Wildman–Crippen LogP) is 1.60. The second kappa shape index (κ2) is 5.29. The molecular formula is C17H20N4O3. The molecule has 0 spiro atoms. The smallest absolute Gasteiger partial charge is 0.311 e. The third-order valence-corrected chi connectivity index (χ3v) is 5.56. The summed E-state index contributed by atoms with van der Waals surface area (Å²) in [5, 5.41) is 14.8. The van der Waals surface area contributed by atoms with Crippen molar-refractivity contribution in [1.82, 2.24) is 19.7 Å². The van der Waals surface area contributed by atoms with Gasteiger partial charge in [-0.25, -0.2) is 9.67 Å². The molecule has 7 heteroatoms. The Morgan fingerprint density at radius 3 is 3.00 bits per heavy atom. The van der Waals surface area contributed by atoms with E-state index in [2.05, 4.69) is 10.1 Å². The second-order valence-electron chi connectivity index (χ2n) is 6.93. The molecule has 2 aromatic heterocycles. The lowest BCUT2D eigenvalue weighted by Crippen LogP contribution is -2.44. The summed E-state index contributed by atoms with van der Waals surface area (Å²) in [6.45, 7) is 2.58. The van der Waals surface area contributed by atoms with Crippen LogP contribution in [0.2, 0.25) is 0 Å². The number of aromatic nitrogens is 3. The number of fused-ring (bicyclic) bond motifs is 2. The Balaban J connectivity index is 1.57. The minimum atomic E-state index is -0.762. The molecular weight excluding hydrogens is 308 g/mol. The van der Waals surface area contributed by atoms with Gasteiger partial charge in [-0.3, -0.25) is 9.59 Å². The highest BCUT2D eigenvalue weighted by atomic mass is 16.4. The molecule has 2 atom stereocenters. The molecule has 4 rings (SSSR count). The number of hydrogen-bond acceptors (Lipinski definition) is 4. The van der Waals surface area contributed by atoms with Crippen molar-refractivity contribution >= 4 is 22.9 Å². The van der Waals surface area contributed by atoms with Crippen LogP contribution >= 0.6 is 0 Å². The maximum Gasteiger partial charge on any atom is 0.311 e. The van der Waals surface area contributed by atoms with Crippen LogP contribution in [0.4, 0.5) is 0 Å². The Bertz CT molecular complexity index is 830. The van der Waals surface area contributed by atoms with Crippen LogP contribution in [0.15, 0.2) is 18.5 Å². The molecule has 0 aromatic carbocycles. The SMILES string of the molecule is Cc1cnc2c(cnn2CC(=O)N2CC[C@]3(C(=O)O)CCC[C@H]23)c1. The third-order valence-electron chi connectivity index (χ3n) is 5.56. The molecule has 24 heavy (non-hydrogen) atoms. The quantitative estimate of drug-likeness (QED) is 0.924. The highest BCUT2D eigenvalue weighted by molar-refractivity contribution is 5.83. The van der Waals surface area contributed by atoms with E-state index in [1.54, 1.807) is 22.0 Å². The first-order chi connectivity index (χ1) is 11.5. The number of carbonyl (C=O) groups excluding carboxylic acids is 1. The summed E-state index contributed by atoms with van der Waals surface area (Å²) < 4.78 is 1.60. The average Bonchev–Trinajstić information content (AvgIpc) is 3.20. The molecule has 1 amide bonds. The van der Waals surface area contributed by atoms with Gasteiger partial charge in [0, 0.05) is 24.2 Å². The van der Waals surface area contributed by atoms with Gasteiger partial charge >= 0.3 is 5.97 Å². The van der Waals surface area contributed by atoms with Crippen molar-refractivity contribution in [2.24, 2.45) is 5.41 Å². The van der Waals surface area contributed by atoms with E-state index >= 15 is 0 Å². The Morgan fingerprint density at radius 1 is 1.38 bits per heavy atom. The van der Waals surface area contributed by atoms with Crippen LogP contribution < -0.4 is 0 Å². The van der Waals surface area contributed by atoms with Crippen LogP contribution in [-0.4, -0.2) is 49.2 Å². The summed E-state index contributed by atoms with van der Waals surface area (Å²) in [7, 11) is 0. The highest BCUT2D eigenvalue weighted by Crippen LogP contribution is 2.49. The first-order valence-corrected chi connectivity index (χ1v) is 8.32. The topological polar surface area (TPSA) is 88.3 Å². The normalized spacial score (nSPS) is 26.0. The molecule has 126 valence electrons. The van der Waals surface area contributed by atoms with Crippen LogP contribution in [-0.2, 0) is 16.1 Å². The molecule has 2 aliphatic rings. The highest BCUT2D eigenvalue weighted by Gasteiger charge is 2.56. The van der Waals surface area contributed by atoms with Gasteiger partial charge in [0.05, 0.1) is 11.6 Å². The zero-order chi connectivity index (χ0) is 16.9. The van der Waals surface area contributed by atoms with E-state index in [9.17, 15) is 14.7 Å². The zero-order valence-corrected chi connectivity index (χ0v) is 13.6. The number of aryl methyl sites for hydroxylation is 1. The molecule has 1 N–H and O–H groups in total. The van der Waals surface area contributed by atoms with Crippen LogP contribution in [0.3, 0.4) is 0 Å². The van der Waals surface area contributed by atoms with Crippen molar-refractivity contribution in [3.05, 3.63) is 24.0 Å². The Labute approximate surface area is 139 Å². The summed E-state index contributed by atoms with van der Waals surface area (Å²) in [6, 6.07) is 1.80. The largest absolute Gasteiger partial charge is 0.481 e. The second-order valence-corrected chi connectivity index (χ2v) is 6.93. The Morgan fingerprint density at radius 2 is 2.21 bits per heavy atom. The Hall–Kier alpha value is -2.44. The van der Waals surface area contributed by atoms with E-state index in [0.717, 1.165) is 23.8 Å². The van der Waals surface area contributed by atoms with E-state index in [1.165, 1.54) is 0 Å². The number of carboxylic acid groups (broad SMARTS) is 1. The fourth-order valence-electron chi connectivity index (χ4n) is 4.35. The minimum Gasteiger partial charge on any atom is -0.481 e. The molecule has 2 fully saturated rings. The maximum atomic E-state index is 12.8. The standard InChI is InChI=1S/C17H20N4O3/c1-11-7-12-9-19-21(15(12)18-8-11)10-14(22)20-6-5-17(16(23)24)4-2-3-13(17)20/h7-9,13H,2-6,10H2,1H3,(H,23,24)/t13-,17+/m0/s1. The zero-order valence-electron chi connectivity index (χ0n) is 13.6. The first kappa shape index (κ1) is 15.1. The number of rotatable bonds is 3. The molecule has 0 unspecified atom stereocenters. The number of hydrogen-bond donors (Lipinski definition) is 1. The van der Waals surface area contributed by atoms with Gasteiger partial charge in [0.15, 0.2) is 5.65 Å². The molecule has 1 aliphatic carbocycles. The molecule has 0 bridgehead atoms. The lowest BCUT2D eigenvalue weighted by atomic mass is 9.82. The monoisotopic (exact) mass is 328 g/mol. The van der Waals surface area contributed by atoms with Gasteiger partial charge < -0.3 is 10.0 Å². The van der Waals surface area contributed by atoms with Crippen LogP contribution in [0, 0.1) is 12.3 Å². The fourth-order valence-corrected chi connectivity index (χ4v) is 4.35. The molecule has 1 saturated carbocycles. The number of aliphatic carboxylic acids is 1. The van der Waals surface area contributed by atoms with Gasteiger partial charge in [0.1, 0.15) is 6.54 Å². The van der Waals surface area contributed by atoms with Crippen molar-refractivity contribution in [1.29, 1.82) is 0 Å². The summed E-state index contributed by atoms with van der Waals surface area (Å²) >= 11 is 0. The van der Waals surface area contributed by atoms with Gasteiger partial charge in [0.2, 0.25) is 5.91 Å². The van der Waals surface area contributed by atoms with E-state index < -0.39 is 11.4 Å². The van der Waals surface area contributed by atoms with E-state index in [-0.39, 0.29) is 18.5 Å². The first-order valence-electron chi connectivity index (χ1n) is 8.32. The molecule has 2 aromatic rings. The predicted molar refractivity (Wildman–Crippen MR) is 86.3 cm³/mol. The van der Waals surface area contributed by atoms with Crippen molar-refractivity contribution < 1.29 is 14.7 Å². The molecule has 7 nitrogen and oxygen atoms in total. The number of nitrogens with zero attached hydrogens (tertiary/aromatic N) is 4. The van der Waals surface area contributed by atoms with Crippen molar-refractivity contribution in [2.45, 2.75) is 45.2 Å². The summed E-state index contributed by atoms with van der Waals surface area (Å²) in [5.41, 5.74) is 0.992. The number of carbonyl (C=O) groups is 2. The summed E-state index contributed by atoms with van der Waals surface area (Å²) in [6.07, 6.45) is 6.33. The van der Waals surface area contributed by atoms with Crippen molar-refractivity contribution in [3.63, 3.8) is 0 Å². The Kier molecular flexibility index (Phi) is 3.33. The van der Waals surface area contributed by atoms with E-state index in [4.69, 9.17) is 0 Å². The van der Waals surface area contributed by atoms with Crippen molar-refractivity contribution in [3.8, 4) is 0 Å². The molecule has 1 aliphatic heterocycles. The number of carboxylic acids is 1. The lowest BCUT2D eigenvalue weighted by Gasteiger charge is -2.28. The summed E-state index contributed by atoms with van der Waals surface area (Å²) in [5.74, 6) is -0.834. The molecule has 0 radical (unpaired) electrons.